The van der Waals surface area contributed by atoms with Gasteiger partial charge in [-0.3, -0.25) is 10.1 Å². The molecule has 152 valence electrons. The van der Waals surface area contributed by atoms with E-state index in [-0.39, 0.29) is 0 Å². The molecular formula is C23H17BrN6O. The third kappa shape index (κ3) is 3.97. The second-order valence-electron chi connectivity index (χ2n) is 6.82. The number of methoxy groups -OCH3 is 1. The molecule has 0 amide bonds. The number of ether oxygens (including phenoxy) is 1. The van der Waals surface area contributed by atoms with Crippen LogP contribution in [0.5, 0.6) is 5.75 Å². The van der Waals surface area contributed by atoms with Gasteiger partial charge in [0.1, 0.15) is 11.6 Å². The first-order valence-corrected chi connectivity index (χ1v) is 10.3. The lowest BCUT2D eigenvalue weighted by atomic mass is 10.1. The van der Waals surface area contributed by atoms with Crippen molar-refractivity contribution in [1.82, 2.24) is 25.1 Å². The van der Waals surface area contributed by atoms with E-state index in [0.29, 0.717) is 17.5 Å². The van der Waals surface area contributed by atoms with Gasteiger partial charge in [-0.2, -0.15) is 5.10 Å². The van der Waals surface area contributed by atoms with Crippen LogP contribution in [0.1, 0.15) is 0 Å². The highest BCUT2D eigenvalue weighted by Gasteiger charge is 2.13. The normalized spacial score (nSPS) is 10.9. The lowest BCUT2D eigenvalue weighted by Crippen LogP contribution is -2.00. The smallest absolute Gasteiger partial charge is 0.163 e. The van der Waals surface area contributed by atoms with Gasteiger partial charge >= 0.3 is 0 Å². The largest absolute Gasteiger partial charge is 0.497 e. The first kappa shape index (κ1) is 19.2. The lowest BCUT2D eigenvalue weighted by molar-refractivity contribution is 0.415. The number of benzene rings is 2. The molecule has 7 nitrogen and oxygen atoms in total. The van der Waals surface area contributed by atoms with Crippen LogP contribution < -0.4 is 10.1 Å². The standard InChI is InChI=1S/C23H17BrN6O/c1-31-17-8-9-19-18(11-17)23(28-22(26-19)15-3-2-10-25-13-15)27-21-12-20(29-30-21)14-4-6-16(24)7-5-14/h2-13H,1H3,(H2,26,27,28,29,30). The Kier molecular flexibility index (Phi) is 5.05. The van der Waals surface area contributed by atoms with E-state index in [9.17, 15) is 0 Å². The highest BCUT2D eigenvalue weighted by atomic mass is 79.9. The molecule has 0 atom stereocenters. The SMILES string of the molecule is COc1ccc2nc(-c3cccnc3)nc(Nc3cc(-c4ccc(Br)cc4)[nH]n3)c2c1. The highest BCUT2D eigenvalue weighted by molar-refractivity contribution is 9.10. The second kappa shape index (κ2) is 8.16. The van der Waals surface area contributed by atoms with Crippen molar-refractivity contribution in [3.05, 3.63) is 77.5 Å². The number of nitrogens with zero attached hydrogens (tertiary/aromatic N) is 4. The van der Waals surface area contributed by atoms with E-state index in [1.165, 1.54) is 0 Å². The second-order valence-corrected chi connectivity index (χ2v) is 7.74. The minimum absolute atomic E-state index is 0.580. The van der Waals surface area contributed by atoms with Gasteiger partial charge in [0, 0.05) is 33.9 Å². The van der Waals surface area contributed by atoms with Gasteiger partial charge in [-0.05, 0) is 48.0 Å². The van der Waals surface area contributed by atoms with Gasteiger partial charge in [-0.25, -0.2) is 9.97 Å². The van der Waals surface area contributed by atoms with Crippen LogP contribution in [-0.2, 0) is 0 Å². The fourth-order valence-electron chi connectivity index (χ4n) is 3.24. The van der Waals surface area contributed by atoms with Gasteiger partial charge in [0.05, 0.1) is 18.3 Å². The van der Waals surface area contributed by atoms with E-state index >= 15 is 0 Å². The third-order valence-electron chi connectivity index (χ3n) is 4.80. The number of nitrogens with one attached hydrogen (secondary N) is 2. The molecule has 2 N–H and O–H groups in total. The summed E-state index contributed by atoms with van der Waals surface area (Å²) in [6.07, 6.45) is 3.47. The number of anilines is 2. The minimum Gasteiger partial charge on any atom is -0.497 e. The van der Waals surface area contributed by atoms with Crippen LogP contribution in [0.15, 0.2) is 77.5 Å². The Morgan fingerprint density at radius 2 is 1.84 bits per heavy atom. The number of hydrogen-bond donors (Lipinski definition) is 2. The number of halogens is 1. The monoisotopic (exact) mass is 472 g/mol. The van der Waals surface area contributed by atoms with Gasteiger partial charge in [-0.1, -0.05) is 28.1 Å². The van der Waals surface area contributed by atoms with Crippen LogP contribution >= 0.6 is 15.9 Å². The summed E-state index contributed by atoms with van der Waals surface area (Å²) in [5.74, 6) is 2.59. The van der Waals surface area contributed by atoms with Crippen molar-refractivity contribution in [3.63, 3.8) is 0 Å². The topological polar surface area (TPSA) is 88.6 Å². The average molecular weight is 473 g/mol. The van der Waals surface area contributed by atoms with Crippen molar-refractivity contribution < 1.29 is 4.74 Å². The maximum atomic E-state index is 5.39. The first-order valence-electron chi connectivity index (χ1n) is 9.54. The summed E-state index contributed by atoms with van der Waals surface area (Å²) in [5, 5.41) is 11.6. The predicted molar refractivity (Wildman–Crippen MR) is 124 cm³/mol. The Morgan fingerprint density at radius 3 is 2.61 bits per heavy atom. The van der Waals surface area contributed by atoms with E-state index in [0.717, 1.165) is 37.9 Å². The summed E-state index contributed by atoms with van der Waals surface area (Å²) in [7, 11) is 1.64. The van der Waals surface area contributed by atoms with Crippen molar-refractivity contribution >= 4 is 38.5 Å². The minimum atomic E-state index is 0.580. The molecule has 0 fully saturated rings. The lowest BCUT2D eigenvalue weighted by Gasteiger charge is -2.10. The zero-order valence-corrected chi connectivity index (χ0v) is 18.1. The highest BCUT2D eigenvalue weighted by Crippen LogP contribution is 2.30. The molecule has 0 saturated carbocycles. The molecule has 0 saturated heterocycles. The first-order chi connectivity index (χ1) is 15.2. The Bertz CT molecular complexity index is 1350. The number of aromatic amines is 1. The Balaban J connectivity index is 1.57. The van der Waals surface area contributed by atoms with Crippen LogP contribution in [0, 0.1) is 0 Å². The average Bonchev–Trinajstić information content (AvgIpc) is 3.28. The Hall–Kier alpha value is -3.78. The van der Waals surface area contributed by atoms with Gasteiger partial charge in [0.25, 0.3) is 0 Å². The van der Waals surface area contributed by atoms with Gasteiger partial charge < -0.3 is 10.1 Å². The molecule has 5 aromatic rings. The molecule has 8 heteroatoms. The molecule has 0 aliphatic carbocycles. The molecule has 31 heavy (non-hydrogen) atoms. The number of rotatable bonds is 5. The number of fused-ring (bicyclic) bond motifs is 1. The fraction of sp³-hybridized carbons (Fsp3) is 0.0435. The van der Waals surface area contributed by atoms with Gasteiger partial charge in [0.2, 0.25) is 0 Å². The molecule has 0 aliphatic rings. The number of H-pyrrole nitrogens is 1. The number of aromatic nitrogens is 5. The number of pyridine rings is 1. The zero-order chi connectivity index (χ0) is 21.2. The molecular weight excluding hydrogens is 456 g/mol. The van der Waals surface area contributed by atoms with Crippen molar-refractivity contribution in [2.45, 2.75) is 0 Å². The van der Waals surface area contributed by atoms with Crippen LogP contribution in [0.2, 0.25) is 0 Å². The quantitative estimate of drug-likeness (QED) is 0.346. The number of hydrogen-bond acceptors (Lipinski definition) is 6. The molecule has 5 rings (SSSR count). The molecule has 0 unspecified atom stereocenters. The molecule has 3 aromatic heterocycles. The summed E-state index contributed by atoms with van der Waals surface area (Å²) in [6, 6.07) is 19.5. The molecule has 0 radical (unpaired) electrons. The van der Waals surface area contributed by atoms with Crippen molar-refractivity contribution in [2.24, 2.45) is 0 Å². The van der Waals surface area contributed by atoms with E-state index in [2.05, 4.69) is 36.4 Å². The maximum Gasteiger partial charge on any atom is 0.163 e. The van der Waals surface area contributed by atoms with Crippen molar-refractivity contribution in [3.8, 4) is 28.4 Å². The summed E-state index contributed by atoms with van der Waals surface area (Å²) in [4.78, 5) is 13.6. The van der Waals surface area contributed by atoms with Crippen molar-refractivity contribution in [1.29, 1.82) is 0 Å². The van der Waals surface area contributed by atoms with E-state index < -0.39 is 0 Å². The van der Waals surface area contributed by atoms with Crippen molar-refractivity contribution in [2.75, 3.05) is 12.4 Å². The molecule has 0 aliphatic heterocycles. The van der Waals surface area contributed by atoms with E-state index in [1.807, 2.05) is 60.7 Å². The van der Waals surface area contributed by atoms with Gasteiger partial charge in [-0.15, -0.1) is 0 Å². The van der Waals surface area contributed by atoms with Gasteiger partial charge in [0.15, 0.2) is 11.6 Å². The summed E-state index contributed by atoms with van der Waals surface area (Å²) >= 11 is 3.46. The van der Waals surface area contributed by atoms with Crippen LogP contribution in [0.4, 0.5) is 11.6 Å². The molecule has 2 aromatic carbocycles. The summed E-state index contributed by atoms with van der Waals surface area (Å²) < 4.78 is 6.42. The Morgan fingerprint density at radius 1 is 0.968 bits per heavy atom. The Labute approximate surface area is 186 Å². The fourth-order valence-corrected chi connectivity index (χ4v) is 3.50. The molecule has 0 spiro atoms. The van der Waals surface area contributed by atoms with Crippen LogP contribution in [0.3, 0.4) is 0 Å². The van der Waals surface area contributed by atoms with E-state index in [1.54, 1.807) is 19.5 Å². The maximum absolute atomic E-state index is 5.39. The van der Waals surface area contributed by atoms with Crippen LogP contribution in [-0.4, -0.2) is 32.3 Å². The molecule has 0 bridgehead atoms. The van der Waals surface area contributed by atoms with E-state index in [4.69, 9.17) is 14.7 Å². The zero-order valence-electron chi connectivity index (χ0n) is 16.5. The van der Waals surface area contributed by atoms with Crippen LogP contribution in [0.25, 0.3) is 33.5 Å². The summed E-state index contributed by atoms with van der Waals surface area (Å²) in [5.41, 5.74) is 3.56. The third-order valence-corrected chi connectivity index (χ3v) is 5.33. The predicted octanol–water partition coefficient (Wildman–Crippen LogP) is 5.60. The molecule has 3 heterocycles. The summed E-state index contributed by atoms with van der Waals surface area (Å²) in [6.45, 7) is 0.